The Bertz CT molecular complexity index is 649. The van der Waals surface area contributed by atoms with E-state index in [1.165, 1.54) is 16.5 Å². The molecule has 2 N–H and O–H groups in total. The molecular formula is C18H25N3O. The minimum Gasteiger partial charge on any atom is -0.361 e. The van der Waals surface area contributed by atoms with Gasteiger partial charge in [0.15, 0.2) is 0 Å². The molecule has 1 aliphatic rings. The molecule has 1 aliphatic heterocycles. The number of H-pyrrole nitrogens is 1. The van der Waals surface area contributed by atoms with Crippen LogP contribution in [0.5, 0.6) is 0 Å². The second-order valence-electron chi connectivity index (χ2n) is 6.30. The number of likely N-dealkylation sites (tertiary alicyclic amines) is 1. The molecule has 2 heterocycles. The number of amides is 1. The van der Waals surface area contributed by atoms with Crippen LogP contribution in [0.15, 0.2) is 30.5 Å². The fraction of sp³-hybridized carbons (Fsp3) is 0.500. The third-order valence-corrected chi connectivity index (χ3v) is 4.80. The fourth-order valence-corrected chi connectivity index (χ4v) is 3.44. The van der Waals surface area contributed by atoms with Crippen LogP contribution < -0.4 is 5.32 Å². The van der Waals surface area contributed by atoms with Crippen molar-refractivity contribution in [2.45, 2.75) is 39.3 Å². The number of aromatic nitrogens is 1. The standard InChI is InChI=1S/C18H25N3O/c1-3-18(22)21-10-8-16(13(2)12-21)20-11-14-5-4-6-17-15(14)7-9-19-17/h4-7,9,13,16,19-20H,3,8,10-12H2,1-2H3/t13-,16+/m0/s1. The monoisotopic (exact) mass is 299 g/mol. The molecule has 0 bridgehead atoms. The maximum Gasteiger partial charge on any atom is 0.222 e. The lowest BCUT2D eigenvalue weighted by atomic mass is 9.93. The van der Waals surface area contributed by atoms with Gasteiger partial charge < -0.3 is 15.2 Å². The zero-order chi connectivity index (χ0) is 15.5. The van der Waals surface area contributed by atoms with Crippen molar-refractivity contribution in [2.24, 2.45) is 5.92 Å². The van der Waals surface area contributed by atoms with E-state index in [1.807, 2.05) is 18.0 Å². The minimum atomic E-state index is 0.280. The Hall–Kier alpha value is -1.81. The van der Waals surface area contributed by atoms with Gasteiger partial charge in [-0.05, 0) is 30.0 Å². The second-order valence-corrected chi connectivity index (χ2v) is 6.30. The summed E-state index contributed by atoms with van der Waals surface area (Å²) in [5.41, 5.74) is 2.52. The van der Waals surface area contributed by atoms with E-state index < -0.39 is 0 Å². The van der Waals surface area contributed by atoms with Crippen molar-refractivity contribution >= 4 is 16.8 Å². The number of nitrogens with zero attached hydrogens (tertiary/aromatic N) is 1. The van der Waals surface area contributed by atoms with Gasteiger partial charge in [0.2, 0.25) is 5.91 Å². The SMILES string of the molecule is CCC(=O)N1CC[C@@H](NCc2cccc3[nH]ccc23)[C@@H](C)C1. The Kier molecular flexibility index (Phi) is 4.48. The zero-order valence-electron chi connectivity index (χ0n) is 13.4. The molecule has 0 aliphatic carbocycles. The molecule has 1 saturated heterocycles. The molecule has 0 spiro atoms. The summed E-state index contributed by atoms with van der Waals surface area (Å²) in [6.07, 6.45) is 3.64. The Labute approximate surface area is 131 Å². The van der Waals surface area contributed by atoms with Crippen molar-refractivity contribution < 1.29 is 4.79 Å². The summed E-state index contributed by atoms with van der Waals surface area (Å²) in [5.74, 6) is 0.775. The molecular weight excluding hydrogens is 274 g/mol. The van der Waals surface area contributed by atoms with Gasteiger partial charge in [0.25, 0.3) is 0 Å². The van der Waals surface area contributed by atoms with Gasteiger partial charge in [-0.25, -0.2) is 0 Å². The highest BCUT2D eigenvalue weighted by atomic mass is 16.2. The summed E-state index contributed by atoms with van der Waals surface area (Å²) in [6, 6.07) is 9.01. The molecule has 1 amide bonds. The Balaban J connectivity index is 1.60. The van der Waals surface area contributed by atoms with Gasteiger partial charge in [-0.3, -0.25) is 4.79 Å². The van der Waals surface area contributed by atoms with E-state index in [4.69, 9.17) is 0 Å². The van der Waals surface area contributed by atoms with Gasteiger partial charge in [0.05, 0.1) is 0 Å². The average molecular weight is 299 g/mol. The summed E-state index contributed by atoms with van der Waals surface area (Å²) < 4.78 is 0. The van der Waals surface area contributed by atoms with Crippen molar-refractivity contribution in [3.8, 4) is 0 Å². The van der Waals surface area contributed by atoms with Crippen LogP contribution in [-0.4, -0.2) is 34.9 Å². The molecule has 1 aromatic carbocycles. The van der Waals surface area contributed by atoms with Gasteiger partial charge in [0, 0.05) is 49.2 Å². The van der Waals surface area contributed by atoms with Crippen LogP contribution in [0.2, 0.25) is 0 Å². The average Bonchev–Trinajstić information content (AvgIpc) is 3.02. The topological polar surface area (TPSA) is 48.1 Å². The van der Waals surface area contributed by atoms with Gasteiger partial charge in [-0.15, -0.1) is 0 Å². The molecule has 4 nitrogen and oxygen atoms in total. The van der Waals surface area contributed by atoms with Crippen LogP contribution in [-0.2, 0) is 11.3 Å². The van der Waals surface area contributed by atoms with Crippen molar-refractivity contribution in [3.05, 3.63) is 36.0 Å². The van der Waals surface area contributed by atoms with Gasteiger partial charge in [-0.2, -0.15) is 0 Å². The van der Waals surface area contributed by atoms with E-state index in [0.29, 0.717) is 18.4 Å². The largest absolute Gasteiger partial charge is 0.361 e. The number of benzene rings is 1. The maximum atomic E-state index is 11.8. The molecule has 0 unspecified atom stereocenters. The molecule has 3 rings (SSSR count). The summed E-state index contributed by atoms with van der Waals surface area (Å²) in [7, 11) is 0. The smallest absolute Gasteiger partial charge is 0.222 e. The van der Waals surface area contributed by atoms with Crippen molar-refractivity contribution in [1.82, 2.24) is 15.2 Å². The van der Waals surface area contributed by atoms with E-state index >= 15 is 0 Å². The number of hydrogen-bond donors (Lipinski definition) is 2. The third-order valence-electron chi connectivity index (χ3n) is 4.80. The summed E-state index contributed by atoms with van der Waals surface area (Å²) >= 11 is 0. The number of aromatic amines is 1. The number of rotatable bonds is 4. The van der Waals surface area contributed by atoms with Crippen molar-refractivity contribution in [2.75, 3.05) is 13.1 Å². The van der Waals surface area contributed by atoms with Crippen LogP contribution in [0.1, 0.15) is 32.3 Å². The number of carbonyl (C=O) groups is 1. The van der Waals surface area contributed by atoms with Crippen LogP contribution in [0.4, 0.5) is 0 Å². The molecule has 118 valence electrons. The summed E-state index contributed by atoms with van der Waals surface area (Å²) in [5, 5.41) is 4.99. The number of fused-ring (bicyclic) bond motifs is 1. The van der Waals surface area contributed by atoms with Gasteiger partial charge in [0.1, 0.15) is 0 Å². The zero-order valence-corrected chi connectivity index (χ0v) is 13.4. The predicted molar refractivity (Wildman–Crippen MR) is 89.6 cm³/mol. The quantitative estimate of drug-likeness (QED) is 0.912. The van der Waals surface area contributed by atoms with E-state index in [9.17, 15) is 4.79 Å². The fourth-order valence-electron chi connectivity index (χ4n) is 3.44. The first-order valence-electron chi connectivity index (χ1n) is 8.25. The lowest BCUT2D eigenvalue weighted by Crippen LogP contribution is -2.49. The highest BCUT2D eigenvalue weighted by molar-refractivity contribution is 5.82. The number of piperidine rings is 1. The second kappa shape index (κ2) is 6.53. The van der Waals surface area contributed by atoms with E-state index in [2.05, 4.69) is 41.5 Å². The first kappa shape index (κ1) is 15.1. The summed E-state index contributed by atoms with van der Waals surface area (Å²) in [6.45, 7) is 6.81. The first-order valence-corrected chi connectivity index (χ1v) is 8.25. The number of nitrogens with one attached hydrogen (secondary N) is 2. The van der Waals surface area contributed by atoms with E-state index in [-0.39, 0.29) is 5.91 Å². The Morgan fingerprint density at radius 1 is 1.41 bits per heavy atom. The van der Waals surface area contributed by atoms with Crippen molar-refractivity contribution in [1.29, 1.82) is 0 Å². The first-order chi connectivity index (χ1) is 10.7. The third kappa shape index (κ3) is 3.02. The summed E-state index contributed by atoms with van der Waals surface area (Å²) in [4.78, 5) is 17.1. The molecule has 2 atom stereocenters. The lowest BCUT2D eigenvalue weighted by Gasteiger charge is -2.37. The number of carbonyl (C=O) groups excluding carboxylic acids is 1. The molecule has 22 heavy (non-hydrogen) atoms. The highest BCUT2D eigenvalue weighted by Crippen LogP contribution is 2.20. The van der Waals surface area contributed by atoms with E-state index in [1.54, 1.807) is 0 Å². The van der Waals surface area contributed by atoms with Crippen molar-refractivity contribution in [3.63, 3.8) is 0 Å². The molecule has 0 radical (unpaired) electrons. The highest BCUT2D eigenvalue weighted by Gasteiger charge is 2.27. The number of hydrogen-bond acceptors (Lipinski definition) is 2. The minimum absolute atomic E-state index is 0.280. The molecule has 1 fully saturated rings. The molecule has 2 aromatic rings. The lowest BCUT2D eigenvalue weighted by molar-refractivity contribution is -0.132. The van der Waals surface area contributed by atoms with Crippen LogP contribution >= 0.6 is 0 Å². The van der Waals surface area contributed by atoms with E-state index in [0.717, 1.165) is 26.1 Å². The molecule has 1 aromatic heterocycles. The Morgan fingerprint density at radius 3 is 3.05 bits per heavy atom. The van der Waals surface area contributed by atoms with Crippen LogP contribution in [0.25, 0.3) is 10.9 Å². The van der Waals surface area contributed by atoms with Gasteiger partial charge in [-0.1, -0.05) is 26.0 Å². The van der Waals surface area contributed by atoms with Gasteiger partial charge >= 0.3 is 0 Å². The Morgan fingerprint density at radius 2 is 2.27 bits per heavy atom. The molecule has 4 heteroatoms. The normalized spacial score (nSPS) is 22.2. The van der Waals surface area contributed by atoms with Crippen LogP contribution in [0, 0.1) is 5.92 Å². The maximum absolute atomic E-state index is 11.8. The predicted octanol–water partition coefficient (Wildman–Crippen LogP) is 2.90. The molecule has 0 saturated carbocycles. The van der Waals surface area contributed by atoms with Crippen LogP contribution in [0.3, 0.4) is 0 Å².